The summed E-state index contributed by atoms with van der Waals surface area (Å²) in [6, 6.07) is 0.560. The van der Waals surface area contributed by atoms with Crippen LogP contribution in [0.4, 0.5) is 0 Å². The van der Waals surface area contributed by atoms with Gasteiger partial charge in [0.15, 0.2) is 0 Å². The van der Waals surface area contributed by atoms with Crippen LogP contribution in [0, 0.1) is 11.8 Å². The SMILES string of the molecule is CCCCCCCC(CCCCCC)C(=O)OCCCCCCN(CCCCCCOC(=O)CCC(CCCCCC)CCCCCC)C(C)C. The lowest BCUT2D eigenvalue weighted by Crippen LogP contribution is -2.32. The Morgan fingerprint density at radius 1 is 0.451 bits per heavy atom. The van der Waals surface area contributed by atoms with E-state index < -0.39 is 0 Å². The number of carbonyl (C=O) groups is 2. The molecule has 0 N–H and O–H groups in total. The lowest BCUT2D eigenvalue weighted by molar-refractivity contribution is -0.149. The quantitative estimate of drug-likeness (QED) is 0.0466. The van der Waals surface area contributed by atoms with Crippen LogP contribution >= 0.6 is 0 Å². The van der Waals surface area contributed by atoms with Gasteiger partial charge in [-0.15, -0.1) is 0 Å². The number of unbranched alkanes of at least 4 members (excludes halogenated alkanes) is 19. The van der Waals surface area contributed by atoms with Gasteiger partial charge in [-0.1, -0.05) is 175 Å². The molecule has 0 saturated heterocycles. The van der Waals surface area contributed by atoms with E-state index in [9.17, 15) is 9.59 Å². The van der Waals surface area contributed by atoms with Gasteiger partial charge in [-0.25, -0.2) is 0 Å². The van der Waals surface area contributed by atoms with E-state index in [0.29, 0.717) is 31.6 Å². The molecule has 0 fully saturated rings. The molecule has 5 heteroatoms. The van der Waals surface area contributed by atoms with E-state index in [0.717, 1.165) is 70.9 Å². The standard InChI is InChI=1S/C46H91NO4/c1-7-11-15-19-27-35-44(34-26-18-14-10-4)46(49)51-41-31-23-21-29-39-47(42(5)6)38-28-20-22-30-40-50-45(48)37-36-43(32-24-16-12-8-2)33-25-17-13-9-3/h42-44H,7-41H2,1-6H3. The molecule has 0 heterocycles. The summed E-state index contributed by atoms with van der Waals surface area (Å²) in [5.41, 5.74) is 0. The molecule has 1 unspecified atom stereocenters. The Hall–Kier alpha value is -1.10. The number of hydrogen-bond acceptors (Lipinski definition) is 5. The topological polar surface area (TPSA) is 55.8 Å². The van der Waals surface area contributed by atoms with Crippen molar-refractivity contribution in [3.05, 3.63) is 0 Å². The zero-order chi connectivity index (χ0) is 37.6. The molecule has 0 aliphatic carbocycles. The molecule has 0 radical (unpaired) electrons. The van der Waals surface area contributed by atoms with Crippen molar-refractivity contribution in [1.82, 2.24) is 4.90 Å². The summed E-state index contributed by atoms with van der Waals surface area (Å²) in [6.07, 6.45) is 36.9. The first kappa shape index (κ1) is 49.9. The molecule has 0 spiro atoms. The molecular weight excluding hydrogens is 631 g/mol. The maximum Gasteiger partial charge on any atom is 0.308 e. The summed E-state index contributed by atoms with van der Waals surface area (Å²) in [7, 11) is 0. The van der Waals surface area contributed by atoms with Crippen LogP contribution in [-0.4, -0.2) is 49.2 Å². The van der Waals surface area contributed by atoms with E-state index in [1.807, 2.05) is 0 Å². The summed E-state index contributed by atoms with van der Waals surface area (Å²) in [4.78, 5) is 28.0. The summed E-state index contributed by atoms with van der Waals surface area (Å²) in [6.45, 7) is 17.1. The molecule has 51 heavy (non-hydrogen) atoms. The highest BCUT2D eigenvalue weighted by atomic mass is 16.5. The van der Waals surface area contributed by atoms with Gasteiger partial charge in [-0.3, -0.25) is 9.59 Å². The van der Waals surface area contributed by atoms with Gasteiger partial charge in [0.2, 0.25) is 0 Å². The van der Waals surface area contributed by atoms with Crippen LogP contribution in [-0.2, 0) is 19.1 Å². The first-order chi connectivity index (χ1) is 24.9. The van der Waals surface area contributed by atoms with Gasteiger partial charge >= 0.3 is 11.9 Å². The molecular formula is C46H91NO4. The second-order valence-electron chi connectivity index (χ2n) is 16.2. The van der Waals surface area contributed by atoms with Crippen molar-refractivity contribution < 1.29 is 19.1 Å². The van der Waals surface area contributed by atoms with Gasteiger partial charge < -0.3 is 14.4 Å². The van der Waals surface area contributed by atoms with E-state index in [1.165, 1.54) is 135 Å². The molecule has 0 amide bonds. The lowest BCUT2D eigenvalue weighted by atomic mass is 9.90. The average molecular weight is 722 g/mol. The number of nitrogens with zero attached hydrogens (tertiary/aromatic N) is 1. The number of hydrogen-bond donors (Lipinski definition) is 0. The third kappa shape index (κ3) is 33.2. The molecule has 0 aromatic heterocycles. The van der Waals surface area contributed by atoms with Crippen LogP contribution in [0.3, 0.4) is 0 Å². The largest absolute Gasteiger partial charge is 0.466 e. The number of esters is 2. The molecule has 5 nitrogen and oxygen atoms in total. The Kier molecular flexibility index (Phi) is 37.8. The zero-order valence-corrected chi connectivity index (χ0v) is 35.6. The van der Waals surface area contributed by atoms with Gasteiger partial charge in [0.25, 0.3) is 0 Å². The minimum atomic E-state index is 0.0152. The normalized spacial score (nSPS) is 12.3. The van der Waals surface area contributed by atoms with E-state index >= 15 is 0 Å². The molecule has 1 atom stereocenters. The van der Waals surface area contributed by atoms with E-state index in [2.05, 4.69) is 46.4 Å². The van der Waals surface area contributed by atoms with E-state index in [4.69, 9.17) is 9.47 Å². The van der Waals surface area contributed by atoms with Crippen molar-refractivity contribution in [1.29, 1.82) is 0 Å². The predicted molar refractivity (Wildman–Crippen MR) is 221 cm³/mol. The van der Waals surface area contributed by atoms with Gasteiger partial charge in [-0.2, -0.15) is 0 Å². The highest BCUT2D eigenvalue weighted by Crippen LogP contribution is 2.24. The van der Waals surface area contributed by atoms with Crippen molar-refractivity contribution in [2.75, 3.05) is 26.3 Å². The first-order valence-corrected chi connectivity index (χ1v) is 23.0. The summed E-state index contributed by atoms with van der Waals surface area (Å²) < 4.78 is 11.4. The Labute approximate surface area is 319 Å². The third-order valence-corrected chi connectivity index (χ3v) is 11.0. The molecule has 0 bridgehead atoms. The monoisotopic (exact) mass is 722 g/mol. The Bertz CT molecular complexity index is 729. The number of carbonyl (C=O) groups excluding carboxylic acids is 2. The van der Waals surface area contributed by atoms with Crippen LogP contribution in [0.1, 0.15) is 241 Å². The number of rotatable bonds is 40. The molecule has 0 rings (SSSR count). The fraction of sp³-hybridized carbons (Fsp3) is 0.957. The van der Waals surface area contributed by atoms with Crippen LogP contribution in [0.5, 0.6) is 0 Å². The highest BCUT2D eigenvalue weighted by Gasteiger charge is 2.19. The Balaban J connectivity index is 4.10. The van der Waals surface area contributed by atoms with Crippen LogP contribution < -0.4 is 0 Å². The third-order valence-electron chi connectivity index (χ3n) is 11.0. The molecule has 0 aliphatic heterocycles. The van der Waals surface area contributed by atoms with Crippen molar-refractivity contribution >= 4 is 11.9 Å². The van der Waals surface area contributed by atoms with Gasteiger partial charge in [0.05, 0.1) is 19.1 Å². The van der Waals surface area contributed by atoms with Crippen LogP contribution in [0.25, 0.3) is 0 Å². The van der Waals surface area contributed by atoms with Gasteiger partial charge in [0, 0.05) is 12.5 Å². The Morgan fingerprint density at radius 3 is 1.31 bits per heavy atom. The minimum absolute atomic E-state index is 0.0152. The molecule has 0 aliphatic rings. The predicted octanol–water partition coefficient (Wildman–Crippen LogP) is 14.2. The maximum absolute atomic E-state index is 12.9. The first-order valence-electron chi connectivity index (χ1n) is 23.0. The van der Waals surface area contributed by atoms with Gasteiger partial charge in [0.1, 0.15) is 0 Å². The molecule has 0 aromatic rings. The van der Waals surface area contributed by atoms with Crippen molar-refractivity contribution in [2.24, 2.45) is 11.8 Å². The van der Waals surface area contributed by atoms with E-state index in [1.54, 1.807) is 0 Å². The fourth-order valence-corrected chi connectivity index (χ4v) is 7.38. The van der Waals surface area contributed by atoms with E-state index in [-0.39, 0.29) is 17.9 Å². The smallest absolute Gasteiger partial charge is 0.308 e. The molecule has 0 saturated carbocycles. The van der Waals surface area contributed by atoms with Gasteiger partial charge in [-0.05, 0) is 77.8 Å². The van der Waals surface area contributed by atoms with Crippen molar-refractivity contribution in [3.8, 4) is 0 Å². The van der Waals surface area contributed by atoms with Crippen molar-refractivity contribution in [2.45, 2.75) is 247 Å². The highest BCUT2D eigenvalue weighted by molar-refractivity contribution is 5.72. The fourth-order valence-electron chi connectivity index (χ4n) is 7.38. The van der Waals surface area contributed by atoms with Crippen LogP contribution in [0.15, 0.2) is 0 Å². The number of ether oxygens (including phenoxy) is 2. The second-order valence-corrected chi connectivity index (χ2v) is 16.2. The van der Waals surface area contributed by atoms with Crippen LogP contribution in [0.2, 0.25) is 0 Å². The van der Waals surface area contributed by atoms with Crippen molar-refractivity contribution in [3.63, 3.8) is 0 Å². The zero-order valence-electron chi connectivity index (χ0n) is 35.6. The summed E-state index contributed by atoms with van der Waals surface area (Å²) in [5.74, 6) is 0.880. The average Bonchev–Trinajstić information content (AvgIpc) is 3.12. The summed E-state index contributed by atoms with van der Waals surface area (Å²) >= 11 is 0. The lowest BCUT2D eigenvalue weighted by Gasteiger charge is -2.26. The second kappa shape index (κ2) is 38.6. The minimum Gasteiger partial charge on any atom is -0.466 e. The molecule has 0 aromatic carbocycles. The Morgan fingerprint density at radius 2 is 0.843 bits per heavy atom. The molecule has 304 valence electrons. The maximum atomic E-state index is 12.9. The summed E-state index contributed by atoms with van der Waals surface area (Å²) in [5, 5.41) is 0.